The van der Waals surface area contributed by atoms with E-state index in [-0.39, 0.29) is 12.3 Å². The number of aromatic nitrogens is 2. The summed E-state index contributed by atoms with van der Waals surface area (Å²) in [6, 6.07) is 3.12. The van der Waals surface area contributed by atoms with Crippen LogP contribution in [0.25, 0.3) is 0 Å². The molecule has 6 nitrogen and oxygen atoms in total. The van der Waals surface area contributed by atoms with E-state index in [4.69, 9.17) is 11.6 Å². The summed E-state index contributed by atoms with van der Waals surface area (Å²) in [6.07, 6.45) is 4.06. The zero-order valence-corrected chi connectivity index (χ0v) is 16.1. The fraction of sp³-hybridized carbons (Fsp3) is 0.421. The van der Waals surface area contributed by atoms with Crippen LogP contribution in [-0.4, -0.2) is 36.0 Å². The average molecular weight is 390 g/mol. The monoisotopic (exact) mass is 389 g/mol. The van der Waals surface area contributed by atoms with E-state index in [1.807, 2.05) is 0 Å². The molecule has 0 spiro atoms. The van der Waals surface area contributed by atoms with Crippen LogP contribution >= 0.6 is 11.6 Å². The number of nitrogens with zero attached hydrogens (tertiary/aromatic N) is 4. The van der Waals surface area contributed by atoms with Crippen molar-refractivity contribution in [3.05, 3.63) is 34.7 Å². The molecule has 4 rings (SSSR count). The van der Waals surface area contributed by atoms with Gasteiger partial charge in [-0.2, -0.15) is 4.98 Å². The molecule has 27 heavy (non-hydrogen) atoms. The van der Waals surface area contributed by atoms with E-state index in [0.717, 1.165) is 19.5 Å². The van der Waals surface area contributed by atoms with Crippen LogP contribution < -0.4 is 15.1 Å². The molecule has 8 heteroatoms. The summed E-state index contributed by atoms with van der Waals surface area (Å²) < 4.78 is 14.5. The van der Waals surface area contributed by atoms with Crippen LogP contribution in [0.4, 0.5) is 27.5 Å². The Bertz CT molecular complexity index is 906. The minimum absolute atomic E-state index is 0.123. The Kier molecular flexibility index (Phi) is 4.63. The number of hydrogen-bond donors (Lipinski definition) is 1. The summed E-state index contributed by atoms with van der Waals surface area (Å²) >= 11 is 6.26. The number of carbonyl (C=O) groups is 1. The van der Waals surface area contributed by atoms with E-state index in [1.165, 1.54) is 17.4 Å². The van der Waals surface area contributed by atoms with Crippen LogP contribution in [0.5, 0.6) is 0 Å². The minimum atomic E-state index is -0.446. The molecule has 1 aromatic heterocycles. The molecule has 0 bridgehead atoms. The number of likely N-dealkylation sites (N-methyl/N-ethyl adjacent to an activating group) is 1. The average Bonchev–Trinajstić information content (AvgIpc) is 2.91. The lowest BCUT2D eigenvalue weighted by Crippen LogP contribution is -2.35. The molecule has 0 aliphatic carbocycles. The van der Waals surface area contributed by atoms with Crippen molar-refractivity contribution in [2.75, 3.05) is 35.3 Å². The zero-order chi connectivity index (χ0) is 19.1. The molecule has 2 aliphatic rings. The predicted molar refractivity (Wildman–Crippen MR) is 104 cm³/mol. The zero-order valence-electron chi connectivity index (χ0n) is 15.3. The van der Waals surface area contributed by atoms with Gasteiger partial charge in [0.15, 0.2) is 5.82 Å². The van der Waals surface area contributed by atoms with Crippen molar-refractivity contribution in [1.82, 2.24) is 9.97 Å². The Hall–Kier alpha value is -2.41. The fourth-order valence-corrected chi connectivity index (χ4v) is 3.89. The smallest absolute Gasteiger partial charge is 0.231 e. The van der Waals surface area contributed by atoms with Crippen molar-refractivity contribution in [3.63, 3.8) is 0 Å². The molecule has 0 saturated carbocycles. The van der Waals surface area contributed by atoms with Gasteiger partial charge in [0.1, 0.15) is 10.8 Å². The van der Waals surface area contributed by atoms with Crippen molar-refractivity contribution in [2.24, 2.45) is 5.92 Å². The lowest BCUT2D eigenvalue weighted by molar-refractivity contribution is -0.117. The highest BCUT2D eigenvalue weighted by Gasteiger charge is 2.28. The third-order valence-corrected chi connectivity index (χ3v) is 5.40. The first kappa shape index (κ1) is 18.0. The van der Waals surface area contributed by atoms with Crippen molar-refractivity contribution in [2.45, 2.75) is 26.2 Å². The van der Waals surface area contributed by atoms with Gasteiger partial charge < -0.3 is 15.1 Å². The minimum Gasteiger partial charge on any atom is -0.341 e. The van der Waals surface area contributed by atoms with Gasteiger partial charge in [0.05, 0.1) is 18.3 Å². The SMILES string of the molecule is C[C@H]1CCCN(c2ncc(Cl)c(Nc3cc(F)c4c(c3)CC(=O)N4C)n2)C1. The Balaban J connectivity index is 1.62. The van der Waals surface area contributed by atoms with E-state index in [2.05, 4.69) is 27.1 Å². The van der Waals surface area contributed by atoms with Crippen LogP contribution in [0, 0.1) is 11.7 Å². The Morgan fingerprint density at radius 1 is 1.37 bits per heavy atom. The number of nitrogens with one attached hydrogen (secondary N) is 1. The third kappa shape index (κ3) is 3.43. The number of carbonyl (C=O) groups excluding carboxylic acids is 1. The van der Waals surface area contributed by atoms with Crippen LogP contribution in [-0.2, 0) is 11.2 Å². The molecule has 1 amide bonds. The number of halogens is 2. The summed E-state index contributed by atoms with van der Waals surface area (Å²) in [5, 5.41) is 3.44. The molecule has 1 fully saturated rings. The first-order chi connectivity index (χ1) is 12.9. The predicted octanol–water partition coefficient (Wildman–Crippen LogP) is 3.77. The molecule has 1 atom stereocenters. The second-order valence-electron chi connectivity index (χ2n) is 7.28. The number of piperidine rings is 1. The van der Waals surface area contributed by atoms with Gasteiger partial charge >= 0.3 is 0 Å². The van der Waals surface area contributed by atoms with Gasteiger partial charge in [-0.1, -0.05) is 18.5 Å². The molecule has 3 heterocycles. The summed E-state index contributed by atoms with van der Waals surface area (Å²) in [4.78, 5) is 24.2. The quantitative estimate of drug-likeness (QED) is 0.865. The topological polar surface area (TPSA) is 61.4 Å². The first-order valence-corrected chi connectivity index (χ1v) is 9.43. The normalized spacial score (nSPS) is 19.4. The van der Waals surface area contributed by atoms with Crippen molar-refractivity contribution >= 4 is 40.6 Å². The maximum absolute atomic E-state index is 14.5. The van der Waals surface area contributed by atoms with E-state index in [0.29, 0.717) is 39.6 Å². The Morgan fingerprint density at radius 3 is 2.96 bits per heavy atom. The van der Waals surface area contributed by atoms with E-state index in [9.17, 15) is 9.18 Å². The van der Waals surface area contributed by atoms with Gasteiger partial charge in [0, 0.05) is 25.8 Å². The van der Waals surface area contributed by atoms with E-state index in [1.54, 1.807) is 19.3 Å². The highest BCUT2D eigenvalue weighted by atomic mass is 35.5. The molecule has 142 valence electrons. The van der Waals surface area contributed by atoms with Crippen molar-refractivity contribution in [1.29, 1.82) is 0 Å². The summed E-state index contributed by atoms with van der Waals surface area (Å²) in [5.74, 6) is 1.07. The van der Waals surface area contributed by atoms with Crippen molar-refractivity contribution < 1.29 is 9.18 Å². The van der Waals surface area contributed by atoms with Crippen molar-refractivity contribution in [3.8, 4) is 0 Å². The second kappa shape index (κ2) is 6.96. The molecule has 0 radical (unpaired) electrons. The molecule has 2 aromatic rings. The number of fused-ring (bicyclic) bond motifs is 1. The van der Waals surface area contributed by atoms with Gasteiger partial charge in [0.25, 0.3) is 0 Å². The van der Waals surface area contributed by atoms with Crippen LogP contribution in [0.2, 0.25) is 5.02 Å². The first-order valence-electron chi connectivity index (χ1n) is 9.06. The second-order valence-corrected chi connectivity index (χ2v) is 7.69. The van der Waals surface area contributed by atoms with Crippen LogP contribution in [0.15, 0.2) is 18.3 Å². The molecular weight excluding hydrogens is 369 g/mol. The molecule has 2 aliphatic heterocycles. The Morgan fingerprint density at radius 2 is 2.19 bits per heavy atom. The number of hydrogen-bond acceptors (Lipinski definition) is 5. The number of anilines is 4. The highest BCUT2D eigenvalue weighted by Crippen LogP contribution is 2.35. The van der Waals surface area contributed by atoms with Gasteiger partial charge in [-0.3, -0.25) is 4.79 Å². The van der Waals surface area contributed by atoms with Gasteiger partial charge in [-0.25, -0.2) is 9.37 Å². The van der Waals surface area contributed by atoms with Gasteiger partial charge in [0.2, 0.25) is 11.9 Å². The third-order valence-electron chi connectivity index (χ3n) is 5.13. The largest absolute Gasteiger partial charge is 0.341 e. The lowest BCUT2D eigenvalue weighted by Gasteiger charge is -2.31. The fourth-order valence-electron chi connectivity index (χ4n) is 3.75. The summed E-state index contributed by atoms with van der Waals surface area (Å²) in [7, 11) is 1.58. The molecular formula is C19H21ClFN5O. The van der Waals surface area contributed by atoms with Gasteiger partial charge in [-0.15, -0.1) is 0 Å². The highest BCUT2D eigenvalue weighted by molar-refractivity contribution is 6.32. The standard InChI is InChI=1S/C19H21ClFN5O/c1-11-4-3-5-26(10-11)19-22-9-14(20)18(24-19)23-13-6-12-7-16(27)25(2)17(12)15(21)8-13/h6,8-9,11H,3-5,7,10H2,1-2H3,(H,22,23,24)/t11-/m0/s1. The number of benzene rings is 1. The Labute approximate surface area is 162 Å². The number of rotatable bonds is 3. The maximum atomic E-state index is 14.5. The maximum Gasteiger partial charge on any atom is 0.231 e. The van der Waals surface area contributed by atoms with E-state index < -0.39 is 5.82 Å². The summed E-state index contributed by atoms with van der Waals surface area (Å²) in [6.45, 7) is 4.03. The van der Waals surface area contributed by atoms with Crippen LogP contribution in [0.1, 0.15) is 25.3 Å². The molecule has 1 N–H and O–H groups in total. The van der Waals surface area contributed by atoms with Gasteiger partial charge in [-0.05, 0) is 36.5 Å². The number of amides is 1. The lowest BCUT2D eigenvalue weighted by atomic mass is 10.0. The van der Waals surface area contributed by atoms with Crippen LogP contribution in [0.3, 0.4) is 0 Å². The molecule has 1 saturated heterocycles. The summed E-state index contributed by atoms with van der Waals surface area (Å²) in [5.41, 5.74) is 1.50. The molecule has 1 aromatic carbocycles. The van der Waals surface area contributed by atoms with E-state index >= 15 is 0 Å². The molecule has 0 unspecified atom stereocenters.